The van der Waals surface area contributed by atoms with Crippen molar-refractivity contribution < 1.29 is 0 Å². The number of benzene rings is 1. The Hall–Kier alpha value is -2.62. The third-order valence-electron chi connectivity index (χ3n) is 9.88. The maximum atomic E-state index is 4.77. The smallest absolute Gasteiger partial charge is 0.0920 e. The van der Waals surface area contributed by atoms with E-state index >= 15 is 0 Å². The molecule has 3 unspecified atom stereocenters. The first-order valence-corrected chi connectivity index (χ1v) is 15.1. The molecule has 1 aromatic carbocycles. The van der Waals surface area contributed by atoms with Crippen molar-refractivity contribution in [2.75, 3.05) is 13.1 Å². The molecule has 39 heavy (non-hydrogen) atoms. The van der Waals surface area contributed by atoms with E-state index in [1.165, 1.54) is 22.4 Å². The van der Waals surface area contributed by atoms with E-state index in [0.717, 1.165) is 50.3 Å². The molecule has 4 nitrogen and oxygen atoms in total. The fourth-order valence-electron chi connectivity index (χ4n) is 7.45. The Morgan fingerprint density at radius 1 is 1.05 bits per heavy atom. The normalized spacial score (nSPS) is 24.8. The van der Waals surface area contributed by atoms with Crippen LogP contribution in [0.4, 0.5) is 0 Å². The SMILES string of the molecule is C=C(CCC(NC(=C)NC(C(=C)N1C[C@H]2[C@@H](C1C(=C)C)C2(C)C)C1Cc2ccccc2C1)C(C)(C)C)NCC. The first-order valence-electron chi connectivity index (χ1n) is 15.1. The molecule has 2 aliphatic carbocycles. The Kier molecular flexibility index (Phi) is 8.36. The maximum absolute atomic E-state index is 4.77. The summed E-state index contributed by atoms with van der Waals surface area (Å²) in [5.41, 5.74) is 6.97. The van der Waals surface area contributed by atoms with Crippen LogP contribution in [0.1, 0.15) is 72.4 Å². The number of nitrogens with zero attached hydrogens (tertiary/aromatic N) is 1. The molecule has 0 radical (unpaired) electrons. The lowest BCUT2D eigenvalue weighted by atomic mass is 9.83. The highest BCUT2D eigenvalue weighted by Gasteiger charge is 2.67. The highest BCUT2D eigenvalue weighted by molar-refractivity contribution is 5.35. The van der Waals surface area contributed by atoms with Crippen molar-refractivity contribution >= 4 is 0 Å². The van der Waals surface area contributed by atoms with Gasteiger partial charge in [0.2, 0.25) is 0 Å². The minimum Gasteiger partial charge on any atom is -0.389 e. The van der Waals surface area contributed by atoms with Crippen molar-refractivity contribution in [2.24, 2.45) is 28.6 Å². The molecule has 5 atom stereocenters. The summed E-state index contributed by atoms with van der Waals surface area (Å²) in [7, 11) is 0. The number of hydrogen-bond donors (Lipinski definition) is 3. The van der Waals surface area contributed by atoms with Gasteiger partial charge in [-0.1, -0.05) is 90.8 Å². The standard InChI is InChI=1S/C35H54N4/c1-12-36-23(4)17-18-30(34(7,8)9)37-25(6)38-32(28-19-26-15-13-14-16-27(26)20-28)24(5)39-21-29-31(35(29,10)11)33(39)22(2)3/h13-16,28-33,36-38H,2,4-6,12,17-21H2,1,3,7-11H3/t29-,30?,31-,32?,33?/m0/s1. The van der Waals surface area contributed by atoms with Gasteiger partial charge in [0.15, 0.2) is 0 Å². The number of rotatable bonds is 13. The Morgan fingerprint density at radius 2 is 1.67 bits per heavy atom. The highest BCUT2D eigenvalue weighted by atomic mass is 15.3. The predicted molar refractivity (Wildman–Crippen MR) is 167 cm³/mol. The van der Waals surface area contributed by atoms with Crippen LogP contribution in [0.5, 0.6) is 0 Å². The maximum Gasteiger partial charge on any atom is 0.0920 e. The summed E-state index contributed by atoms with van der Waals surface area (Å²) in [4.78, 5) is 2.58. The Balaban J connectivity index is 1.52. The van der Waals surface area contributed by atoms with Gasteiger partial charge >= 0.3 is 0 Å². The molecule has 0 amide bonds. The molecule has 0 aromatic heterocycles. The predicted octanol–water partition coefficient (Wildman–Crippen LogP) is 6.78. The molecule has 0 spiro atoms. The summed E-state index contributed by atoms with van der Waals surface area (Å²) in [5, 5.41) is 11.0. The van der Waals surface area contributed by atoms with Gasteiger partial charge in [-0.15, -0.1) is 0 Å². The largest absolute Gasteiger partial charge is 0.389 e. The van der Waals surface area contributed by atoms with Crippen LogP contribution in [0.15, 0.2) is 73.4 Å². The van der Waals surface area contributed by atoms with Gasteiger partial charge in [-0.2, -0.15) is 0 Å². The summed E-state index contributed by atoms with van der Waals surface area (Å²) in [5.74, 6) is 2.71. The van der Waals surface area contributed by atoms with E-state index in [0.29, 0.717) is 29.2 Å². The van der Waals surface area contributed by atoms with Crippen LogP contribution in [0, 0.1) is 28.6 Å². The molecule has 1 heterocycles. The first kappa shape index (κ1) is 29.4. The molecule has 3 aliphatic rings. The number of hydrogen-bond acceptors (Lipinski definition) is 4. The average molecular weight is 531 g/mol. The van der Waals surface area contributed by atoms with Crippen LogP contribution >= 0.6 is 0 Å². The van der Waals surface area contributed by atoms with Gasteiger partial charge in [0.05, 0.1) is 17.9 Å². The van der Waals surface area contributed by atoms with Gasteiger partial charge in [-0.05, 0) is 79.2 Å². The second-order valence-electron chi connectivity index (χ2n) is 14.2. The van der Waals surface area contributed by atoms with Gasteiger partial charge < -0.3 is 20.9 Å². The van der Waals surface area contributed by atoms with Crippen molar-refractivity contribution in [3.63, 3.8) is 0 Å². The number of likely N-dealkylation sites (tertiary alicyclic amines) is 1. The highest BCUT2D eigenvalue weighted by Crippen LogP contribution is 2.66. The quantitative estimate of drug-likeness (QED) is 0.246. The van der Waals surface area contributed by atoms with E-state index in [2.05, 4.69) is 113 Å². The summed E-state index contributed by atoms with van der Waals surface area (Å²) in [6.07, 6.45) is 4.07. The molecular weight excluding hydrogens is 476 g/mol. The molecule has 1 aromatic rings. The molecule has 0 bridgehead atoms. The lowest BCUT2D eigenvalue weighted by molar-refractivity contribution is 0.218. The van der Waals surface area contributed by atoms with Gasteiger partial charge in [0, 0.05) is 30.5 Å². The minimum atomic E-state index is 0.0834. The van der Waals surface area contributed by atoms with Crippen molar-refractivity contribution in [2.45, 2.75) is 92.3 Å². The molecule has 4 heteroatoms. The molecule has 4 rings (SSSR count). The van der Waals surface area contributed by atoms with E-state index in [-0.39, 0.29) is 17.5 Å². The van der Waals surface area contributed by atoms with Crippen LogP contribution in [0.3, 0.4) is 0 Å². The number of allylic oxidation sites excluding steroid dienone is 1. The topological polar surface area (TPSA) is 39.3 Å². The molecule has 1 saturated heterocycles. The molecule has 214 valence electrons. The average Bonchev–Trinajstić information content (AvgIpc) is 3.22. The third kappa shape index (κ3) is 6.10. The van der Waals surface area contributed by atoms with E-state index in [1.54, 1.807) is 0 Å². The van der Waals surface area contributed by atoms with Crippen molar-refractivity contribution in [1.82, 2.24) is 20.9 Å². The third-order valence-corrected chi connectivity index (χ3v) is 9.88. The van der Waals surface area contributed by atoms with E-state index in [4.69, 9.17) is 6.58 Å². The molecule has 1 aliphatic heterocycles. The van der Waals surface area contributed by atoms with Crippen molar-refractivity contribution in [1.29, 1.82) is 0 Å². The van der Waals surface area contributed by atoms with E-state index in [9.17, 15) is 0 Å². The van der Waals surface area contributed by atoms with Gasteiger partial charge in [0.1, 0.15) is 0 Å². The van der Waals surface area contributed by atoms with Gasteiger partial charge in [-0.25, -0.2) is 0 Å². The Morgan fingerprint density at radius 3 is 2.21 bits per heavy atom. The van der Waals surface area contributed by atoms with Crippen molar-refractivity contribution in [3.8, 4) is 0 Å². The number of nitrogens with one attached hydrogen (secondary N) is 3. The van der Waals surface area contributed by atoms with Crippen LogP contribution in [0.25, 0.3) is 0 Å². The fourth-order valence-corrected chi connectivity index (χ4v) is 7.45. The summed E-state index contributed by atoms with van der Waals surface area (Å²) < 4.78 is 0. The number of piperidine rings is 1. The first-order chi connectivity index (χ1) is 18.3. The van der Waals surface area contributed by atoms with Crippen LogP contribution in [-0.2, 0) is 12.8 Å². The van der Waals surface area contributed by atoms with Gasteiger partial charge in [-0.3, -0.25) is 0 Å². The Bertz CT molecular complexity index is 1080. The molecule has 2 fully saturated rings. The van der Waals surface area contributed by atoms with Crippen molar-refractivity contribution in [3.05, 3.63) is 84.5 Å². The van der Waals surface area contributed by atoms with E-state index in [1.807, 2.05) is 0 Å². The van der Waals surface area contributed by atoms with Crippen LogP contribution in [0.2, 0.25) is 0 Å². The lowest BCUT2D eigenvalue weighted by Crippen LogP contribution is -2.50. The van der Waals surface area contributed by atoms with E-state index < -0.39 is 0 Å². The number of fused-ring (bicyclic) bond motifs is 2. The summed E-state index contributed by atoms with van der Waals surface area (Å²) in [6, 6.07) is 9.66. The summed E-state index contributed by atoms with van der Waals surface area (Å²) in [6.45, 7) is 36.0. The summed E-state index contributed by atoms with van der Waals surface area (Å²) >= 11 is 0. The Labute approximate surface area is 239 Å². The van der Waals surface area contributed by atoms with Crippen LogP contribution < -0.4 is 16.0 Å². The molecular formula is C35H54N4. The lowest BCUT2D eigenvalue weighted by Gasteiger charge is -2.41. The fraction of sp³-hybridized carbons (Fsp3) is 0.600. The monoisotopic (exact) mass is 530 g/mol. The zero-order valence-electron chi connectivity index (χ0n) is 25.8. The zero-order valence-corrected chi connectivity index (χ0v) is 25.8. The molecule has 1 saturated carbocycles. The van der Waals surface area contributed by atoms with Gasteiger partial charge in [0.25, 0.3) is 0 Å². The molecule has 3 N–H and O–H groups in total. The second kappa shape index (κ2) is 11.1. The second-order valence-corrected chi connectivity index (χ2v) is 14.2. The minimum absolute atomic E-state index is 0.0834. The zero-order chi connectivity index (χ0) is 28.7. The van der Waals surface area contributed by atoms with Crippen LogP contribution in [-0.4, -0.2) is 36.1 Å².